The zero-order valence-corrected chi connectivity index (χ0v) is 19.1. The standard InChI is InChI=1S/C27H30N2O5/c30-24(31)18-8-2-1-7-17(18)15-28-25(32)27(13-14-27)29-26(33)34-16-23-21-11-5-3-9-19(21)20-10-4-6-12-22(20)23/h3-6,9-12,17-18,23H,1-2,7-8,13-16H2,(H,28,32)(H,29,33)(H,30,31)/t17-,18-/m1/s1. The van der Waals surface area contributed by atoms with E-state index < -0.39 is 23.5 Å². The second-order valence-electron chi connectivity index (χ2n) is 9.73. The fourth-order valence-corrected chi connectivity index (χ4v) is 5.53. The van der Waals surface area contributed by atoms with Gasteiger partial charge in [-0.25, -0.2) is 4.79 Å². The van der Waals surface area contributed by atoms with Crippen LogP contribution in [-0.4, -0.2) is 41.8 Å². The van der Waals surface area contributed by atoms with Crippen LogP contribution in [0.3, 0.4) is 0 Å². The number of fused-ring (bicyclic) bond motifs is 3. The van der Waals surface area contributed by atoms with Crippen LogP contribution in [0.2, 0.25) is 0 Å². The smallest absolute Gasteiger partial charge is 0.408 e. The first-order valence-corrected chi connectivity index (χ1v) is 12.1. The monoisotopic (exact) mass is 462 g/mol. The van der Waals surface area contributed by atoms with Crippen molar-refractivity contribution in [2.75, 3.05) is 13.2 Å². The van der Waals surface area contributed by atoms with Crippen molar-refractivity contribution in [1.82, 2.24) is 10.6 Å². The van der Waals surface area contributed by atoms with Crippen molar-refractivity contribution >= 4 is 18.0 Å². The van der Waals surface area contributed by atoms with Crippen LogP contribution in [0, 0.1) is 11.8 Å². The number of aliphatic carboxylic acids is 1. The quantitative estimate of drug-likeness (QED) is 0.576. The molecule has 3 N–H and O–H groups in total. The number of rotatable bonds is 7. The van der Waals surface area contributed by atoms with E-state index in [1.165, 1.54) is 0 Å². The Bertz CT molecular complexity index is 1060. The van der Waals surface area contributed by atoms with E-state index in [1.54, 1.807) is 0 Å². The van der Waals surface area contributed by atoms with Crippen LogP contribution in [0.4, 0.5) is 4.79 Å². The molecule has 5 rings (SSSR count). The first-order valence-electron chi connectivity index (χ1n) is 12.1. The number of ether oxygens (including phenoxy) is 1. The molecule has 2 saturated carbocycles. The number of alkyl carbamates (subject to hydrolysis) is 1. The van der Waals surface area contributed by atoms with E-state index in [-0.39, 0.29) is 24.3 Å². The fraction of sp³-hybridized carbons (Fsp3) is 0.444. The van der Waals surface area contributed by atoms with Gasteiger partial charge in [-0.05, 0) is 53.9 Å². The summed E-state index contributed by atoms with van der Waals surface area (Å²) < 4.78 is 5.60. The molecule has 2 fully saturated rings. The van der Waals surface area contributed by atoms with Crippen molar-refractivity contribution in [2.24, 2.45) is 11.8 Å². The van der Waals surface area contributed by atoms with Crippen molar-refractivity contribution < 1.29 is 24.2 Å². The highest BCUT2D eigenvalue weighted by atomic mass is 16.5. The SMILES string of the molecule is O=C(NC1(C(=O)NC[C@H]2CCCC[C@H]2C(=O)O)CC1)OCC1c2ccccc2-c2ccccc21. The van der Waals surface area contributed by atoms with Crippen LogP contribution in [-0.2, 0) is 14.3 Å². The lowest BCUT2D eigenvalue weighted by Gasteiger charge is -2.29. The van der Waals surface area contributed by atoms with Crippen molar-refractivity contribution in [3.05, 3.63) is 59.7 Å². The van der Waals surface area contributed by atoms with Crippen molar-refractivity contribution in [1.29, 1.82) is 0 Å². The van der Waals surface area contributed by atoms with Crippen LogP contribution in [0.15, 0.2) is 48.5 Å². The summed E-state index contributed by atoms with van der Waals surface area (Å²) in [6.45, 7) is 0.518. The minimum Gasteiger partial charge on any atom is -0.481 e. The summed E-state index contributed by atoms with van der Waals surface area (Å²) >= 11 is 0. The van der Waals surface area contributed by atoms with Gasteiger partial charge in [0.25, 0.3) is 0 Å². The van der Waals surface area contributed by atoms with Crippen molar-refractivity contribution in [3.8, 4) is 11.1 Å². The van der Waals surface area contributed by atoms with Crippen LogP contribution < -0.4 is 10.6 Å². The fourth-order valence-electron chi connectivity index (χ4n) is 5.53. The Hall–Kier alpha value is -3.35. The number of carboxylic acids is 1. The molecule has 0 saturated heterocycles. The van der Waals surface area contributed by atoms with Gasteiger partial charge in [0, 0.05) is 12.5 Å². The van der Waals surface area contributed by atoms with E-state index in [9.17, 15) is 19.5 Å². The molecular weight excluding hydrogens is 432 g/mol. The highest BCUT2D eigenvalue weighted by molar-refractivity contribution is 5.92. The molecule has 7 heteroatoms. The third-order valence-electron chi connectivity index (χ3n) is 7.62. The van der Waals surface area contributed by atoms with Gasteiger partial charge in [0.1, 0.15) is 12.1 Å². The summed E-state index contributed by atoms with van der Waals surface area (Å²) in [5.41, 5.74) is 3.64. The number of carbonyl (C=O) groups excluding carboxylic acids is 2. The summed E-state index contributed by atoms with van der Waals surface area (Å²) in [7, 11) is 0. The lowest BCUT2D eigenvalue weighted by molar-refractivity contribution is -0.145. The molecule has 2 atom stereocenters. The van der Waals surface area contributed by atoms with Gasteiger partial charge in [-0.2, -0.15) is 0 Å². The second kappa shape index (κ2) is 9.12. The van der Waals surface area contributed by atoms with Gasteiger partial charge in [-0.1, -0.05) is 61.4 Å². The predicted octanol–water partition coefficient (Wildman–Crippen LogP) is 4.06. The number of amides is 2. The zero-order valence-electron chi connectivity index (χ0n) is 19.1. The Balaban J connectivity index is 1.17. The summed E-state index contributed by atoms with van der Waals surface area (Å²) in [5, 5.41) is 15.1. The highest BCUT2D eigenvalue weighted by Gasteiger charge is 2.52. The molecule has 0 heterocycles. The third-order valence-corrected chi connectivity index (χ3v) is 7.62. The molecule has 2 aromatic rings. The molecule has 3 aliphatic carbocycles. The van der Waals surface area contributed by atoms with E-state index in [2.05, 4.69) is 34.9 Å². The van der Waals surface area contributed by atoms with Crippen molar-refractivity contribution in [2.45, 2.75) is 50.0 Å². The molecule has 3 aliphatic rings. The van der Waals surface area contributed by atoms with Crippen LogP contribution >= 0.6 is 0 Å². The minimum atomic E-state index is -0.948. The van der Waals surface area contributed by atoms with Gasteiger partial charge in [0.05, 0.1) is 5.92 Å². The van der Waals surface area contributed by atoms with E-state index in [0.717, 1.165) is 41.5 Å². The van der Waals surface area contributed by atoms with E-state index in [1.807, 2.05) is 24.3 Å². The summed E-state index contributed by atoms with van der Waals surface area (Å²) in [5.74, 6) is -1.58. The van der Waals surface area contributed by atoms with Crippen LogP contribution in [0.1, 0.15) is 55.6 Å². The van der Waals surface area contributed by atoms with E-state index in [0.29, 0.717) is 25.8 Å². The number of carboxylic acid groups (broad SMARTS) is 1. The normalized spacial score (nSPS) is 22.2. The van der Waals surface area contributed by atoms with E-state index in [4.69, 9.17) is 4.74 Å². The number of hydrogen-bond donors (Lipinski definition) is 3. The van der Waals surface area contributed by atoms with Crippen LogP contribution in [0.25, 0.3) is 11.1 Å². The molecule has 0 spiro atoms. The number of nitrogens with one attached hydrogen (secondary N) is 2. The van der Waals surface area contributed by atoms with Gasteiger partial charge >= 0.3 is 12.1 Å². The number of carbonyl (C=O) groups is 3. The Morgan fingerprint density at radius 3 is 2.18 bits per heavy atom. The Morgan fingerprint density at radius 2 is 1.56 bits per heavy atom. The Kier molecular flexibility index (Phi) is 6.02. The first-order chi connectivity index (χ1) is 16.5. The molecule has 178 valence electrons. The number of benzene rings is 2. The molecule has 0 aromatic heterocycles. The molecular formula is C27H30N2O5. The van der Waals surface area contributed by atoms with Crippen LogP contribution in [0.5, 0.6) is 0 Å². The second-order valence-corrected chi connectivity index (χ2v) is 9.73. The zero-order chi connectivity index (χ0) is 23.7. The minimum absolute atomic E-state index is 0.0404. The largest absolute Gasteiger partial charge is 0.481 e. The maximum Gasteiger partial charge on any atom is 0.408 e. The molecule has 0 unspecified atom stereocenters. The van der Waals surface area contributed by atoms with Gasteiger partial charge < -0.3 is 20.5 Å². The summed E-state index contributed by atoms with van der Waals surface area (Å²) in [6.07, 6.45) is 3.84. The molecule has 2 aromatic carbocycles. The maximum absolute atomic E-state index is 12.8. The molecule has 34 heavy (non-hydrogen) atoms. The molecule has 0 bridgehead atoms. The lowest BCUT2D eigenvalue weighted by atomic mass is 9.79. The molecule has 7 nitrogen and oxygen atoms in total. The third kappa shape index (κ3) is 4.27. The van der Waals surface area contributed by atoms with Gasteiger partial charge in [0.15, 0.2) is 0 Å². The maximum atomic E-state index is 12.8. The summed E-state index contributed by atoms with van der Waals surface area (Å²) in [4.78, 5) is 37.0. The van der Waals surface area contributed by atoms with Gasteiger partial charge in [-0.3, -0.25) is 9.59 Å². The van der Waals surface area contributed by atoms with Gasteiger partial charge in [0.2, 0.25) is 5.91 Å². The highest BCUT2D eigenvalue weighted by Crippen LogP contribution is 2.44. The average Bonchev–Trinajstić information content (AvgIpc) is 3.56. The molecule has 2 amide bonds. The van der Waals surface area contributed by atoms with E-state index >= 15 is 0 Å². The predicted molar refractivity (Wildman–Crippen MR) is 126 cm³/mol. The summed E-state index contributed by atoms with van der Waals surface area (Å²) in [6, 6.07) is 16.3. The molecule has 0 aliphatic heterocycles. The average molecular weight is 463 g/mol. The Labute approximate surface area is 198 Å². The first kappa shape index (κ1) is 22.4. The topological polar surface area (TPSA) is 105 Å². The Morgan fingerprint density at radius 1 is 0.941 bits per heavy atom. The van der Waals surface area contributed by atoms with Crippen molar-refractivity contribution in [3.63, 3.8) is 0 Å². The van der Waals surface area contributed by atoms with Gasteiger partial charge in [-0.15, -0.1) is 0 Å². The number of hydrogen-bond acceptors (Lipinski definition) is 4. The molecule has 0 radical (unpaired) electrons. The lowest BCUT2D eigenvalue weighted by Crippen LogP contribution is -2.51.